The summed E-state index contributed by atoms with van der Waals surface area (Å²) in [6.45, 7) is -0.422. The van der Waals surface area contributed by atoms with Crippen molar-refractivity contribution in [2.45, 2.75) is 25.7 Å². The van der Waals surface area contributed by atoms with Gasteiger partial charge in [-0.25, -0.2) is 0 Å². The Kier molecular flexibility index (Phi) is 5.61. The predicted octanol–water partition coefficient (Wildman–Crippen LogP) is 0.351. The van der Waals surface area contributed by atoms with Crippen LogP contribution in [0.2, 0.25) is 0 Å². The molecular formula is C12H19NO5. The van der Waals surface area contributed by atoms with Crippen LogP contribution in [-0.4, -0.2) is 50.1 Å². The molecule has 0 saturated heterocycles. The highest BCUT2D eigenvalue weighted by Crippen LogP contribution is 2.29. The Bertz CT molecular complexity index is 306. The van der Waals surface area contributed by atoms with Crippen molar-refractivity contribution in [3.63, 3.8) is 0 Å². The first kappa shape index (κ1) is 14.5. The van der Waals surface area contributed by atoms with E-state index in [-0.39, 0.29) is 19.0 Å². The minimum absolute atomic E-state index is 0.199. The van der Waals surface area contributed by atoms with Gasteiger partial charge in [-0.1, -0.05) is 6.42 Å². The molecule has 0 aromatic heterocycles. The zero-order valence-corrected chi connectivity index (χ0v) is 10.8. The minimum atomic E-state index is -0.541. The maximum atomic E-state index is 12.0. The smallest absolute Gasteiger partial charge is 0.325 e. The van der Waals surface area contributed by atoms with Gasteiger partial charge in [0.15, 0.2) is 0 Å². The van der Waals surface area contributed by atoms with Gasteiger partial charge in [0, 0.05) is 6.42 Å². The zero-order valence-electron chi connectivity index (χ0n) is 10.8. The molecule has 6 heteroatoms. The van der Waals surface area contributed by atoms with Gasteiger partial charge in [-0.05, 0) is 18.8 Å². The van der Waals surface area contributed by atoms with E-state index in [2.05, 4.69) is 9.47 Å². The SMILES string of the molecule is COC(=O)CN(CC(=O)OC)C(=O)CC1CCC1. The maximum absolute atomic E-state index is 12.0. The Balaban J connectivity index is 2.53. The second-order valence-electron chi connectivity index (χ2n) is 4.40. The fourth-order valence-corrected chi connectivity index (χ4v) is 1.75. The molecule has 1 fully saturated rings. The molecule has 102 valence electrons. The Morgan fingerprint density at radius 1 is 1.06 bits per heavy atom. The van der Waals surface area contributed by atoms with Gasteiger partial charge >= 0.3 is 11.9 Å². The molecule has 0 N–H and O–H groups in total. The number of methoxy groups -OCH3 is 2. The number of carbonyl (C=O) groups excluding carboxylic acids is 3. The van der Waals surface area contributed by atoms with Gasteiger partial charge in [0.1, 0.15) is 13.1 Å². The third kappa shape index (κ3) is 4.35. The first-order valence-electron chi connectivity index (χ1n) is 5.98. The summed E-state index contributed by atoms with van der Waals surface area (Å²) in [4.78, 5) is 35.5. The lowest BCUT2D eigenvalue weighted by Crippen LogP contribution is -2.41. The second-order valence-corrected chi connectivity index (χ2v) is 4.40. The van der Waals surface area contributed by atoms with Crippen LogP contribution in [0.3, 0.4) is 0 Å². The molecule has 1 aliphatic carbocycles. The number of ether oxygens (including phenoxy) is 2. The van der Waals surface area contributed by atoms with Gasteiger partial charge in [0.25, 0.3) is 0 Å². The normalized spacial score (nSPS) is 14.6. The molecule has 18 heavy (non-hydrogen) atoms. The number of rotatable bonds is 6. The third-order valence-corrected chi connectivity index (χ3v) is 3.14. The van der Waals surface area contributed by atoms with E-state index in [1.165, 1.54) is 19.1 Å². The van der Waals surface area contributed by atoms with Crippen molar-refractivity contribution in [1.29, 1.82) is 0 Å². The Morgan fingerprint density at radius 2 is 1.56 bits per heavy atom. The monoisotopic (exact) mass is 257 g/mol. The van der Waals surface area contributed by atoms with Crippen molar-refractivity contribution in [2.24, 2.45) is 5.92 Å². The van der Waals surface area contributed by atoms with Gasteiger partial charge in [-0.15, -0.1) is 0 Å². The van der Waals surface area contributed by atoms with Gasteiger partial charge < -0.3 is 14.4 Å². The third-order valence-electron chi connectivity index (χ3n) is 3.14. The maximum Gasteiger partial charge on any atom is 0.325 e. The average Bonchev–Trinajstić information content (AvgIpc) is 2.32. The van der Waals surface area contributed by atoms with Crippen molar-refractivity contribution in [3.8, 4) is 0 Å². The van der Waals surface area contributed by atoms with Crippen molar-refractivity contribution < 1.29 is 23.9 Å². The standard InChI is InChI=1S/C12H19NO5/c1-17-11(15)7-13(8-12(16)18-2)10(14)6-9-4-3-5-9/h9H,3-8H2,1-2H3. The van der Waals surface area contributed by atoms with E-state index >= 15 is 0 Å². The lowest BCUT2D eigenvalue weighted by Gasteiger charge is -2.28. The Hall–Kier alpha value is -1.59. The van der Waals surface area contributed by atoms with Crippen LogP contribution >= 0.6 is 0 Å². The van der Waals surface area contributed by atoms with E-state index in [9.17, 15) is 14.4 Å². The predicted molar refractivity (Wildman–Crippen MR) is 62.6 cm³/mol. The average molecular weight is 257 g/mol. The topological polar surface area (TPSA) is 72.9 Å². The molecule has 0 heterocycles. The lowest BCUT2D eigenvalue weighted by atomic mass is 9.82. The van der Waals surface area contributed by atoms with Gasteiger partial charge in [0.2, 0.25) is 5.91 Å². The summed E-state index contributed by atoms with van der Waals surface area (Å²) in [6.07, 6.45) is 3.60. The summed E-state index contributed by atoms with van der Waals surface area (Å²) < 4.78 is 9.01. The summed E-state index contributed by atoms with van der Waals surface area (Å²) in [5, 5.41) is 0. The first-order chi connectivity index (χ1) is 8.56. The van der Waals surface area contributed by atoms with Crippen molar-refractivity contribution in [3.05, 3.63) is 0 Å². The largest absolute Gasteiger partial charge is 0.468 e. The van der Waals surface area contributed by atoms with E-state index in [1.54, 1.807) is 0 Å². The molecular weight excluding hydrogens is 238 g/mol. The van der Waals surface area contributed by atoms with Crippen LogP contribution in [0, 0.1) is 5.92 Å². The fraction of sp³-hybridized carbons (Fsp3) is 0.750. The minimum Gasteiger partial charge on any atom is -0.468 e. The fourth-order valence-electron chi connectivity index (χ4n) is 1.75. The lowest BCUT2D eigenvalue weighted by molar-refractivity contribution is -0.152. The van der Waals surface area contributed by atoms with Crippen LogP contribution in [0.4, 0.5) is 0 Å². The molecule has 6 nitrogen and oxygen atoms in total. The van der Waals surface area contributed by atoms with E-state index in [1.807, 2.05) is 0 Å². The van der Waals surface area contributed by atoms with Crippen LogP contribution in [0.5, 0.6) is 0 Å². The summed E-state index contributed by atoms with van der Waals surface area (Å²) in [5.41, 5.74) is 0. The second kappa shape index (κ2) is 6.98. The highest BCUT2D eigenvalue weighted by molar-refractivity contribution is 5.86. The van der Waals surface area contributed by atoms with E-state index in [0.717, 1.165) is 19.3 Å². The van der Waals surface area contributed by atoms with Gasteiger partial charge in [-0.2, -0.15) is 0 Å². The highest BCUT2D eigenvalue weighted by Gasteiger charge is 2.26. The summed E-state index contributed by atoms with van der Waals surface area (Å²) in [7, 11) is 2.49. The molecule has 0 aliphatic heterocycles. The summed E-state index contributed by atoms with van der Waals surface area (Å²) in [6, 6.07) is 0. The van der Waals surface area contributed by atoms with Crippen LogP contribution in [0.1, 0.15) is 25.7 Å². The highest BCUT2D eigenvalue weighted by atomic mass is 16.5. The molecule has 0 bridgehead atoms. The molecule has 0 radical (unpaired) electrons. The number of amides is 1. The summed E-state index contributed by atoms with van der Waals surface area (Å²) in [5.74, 6) is -0.896. The first-order valence-corrected chi connectivity index (χ1v) is 5.98. The van der Waals surface area contributed by atoms with E-state index < -0.39 is 11.9 Å². The number of nitrogens with zero attached hydrogens (tertiary/aromatic N) is 1. The number of carbonyl (C=O) groups is 3. The van der Waals surface area contributed by atoms with Crippen molar-refractivity contribution >= 4 is 17.8 Å². The molecule has 1 aliphatic rings. The van der Waals surface area contributed by atoms with Crippen LogP contribution in [-0.2, 0) is 23.9 Å². The molecule has 0 aromatic carbocycles. The number of esters is 2. The van der Waals surface area contributed by atoms with Gasteiger partial charge in [0.05, 0.1) is 14.2 Å². The van der Waals surface area contributed by atoms with E-state index in [4.69, 9.17) is 0 Å². The van der Waals surface area contributed by atoms with E-state index in [0.29, 0.717) is 12.3 Å². The molecule has 1 amide bonds. The Labute approximate surface area is 106 Å². The molecule has 0 atom stereocenters. The zero-order chi connectivity index (χ0) is 13.5. The molecule has 0 aromatic rings. The van der Waals surface area contributed by atoms with Crippen LogP contribution in [0.15, 0.2) is 0 Å². The number of hydrogen-bond acceptors (Lipinski definition) is 5. The van der Waals surface area contributed by atoms with Crippen LogP contribution < -0.4 is 0 Å². The quantitative estimate of drug-likeness (QED) is 0.642. The molecule has 0 unspecified atom stereocenters. The number of hydrogen-bond donors (Lipinski definition) is 0. The van der Waals surface area contributed by atoms with Crippen LogP contribution in [0.25, 0.3) is 0 Å². The molecule has 1 rings (SSSR count). The molecule has 0 spiro atoms. The summed E-state index contributed by atoms with van der Waals surface area (Å²) >= 11 is 0. The Morgan fingerprint density at radius 3 is 1.89 bits per heavy atom. The van der Waals surface area contributed by atoms with Gasteiger partial charge in [-0.3, -0.25) is 14.4 Å². The van der Waals surface area contributed by atoms with Crippen molar-refractivity contribution in [1.82, 2.24) is 4.90 Å². The van der Waals surface area contributed by atoms with Crippen molar-refractivity contribution in [2.75, 3.05) is 27.3 Å². The molecule has 1 saturated carbocycles.